The Labute approximate surface area is 472 Å². The highest BCUT2D eigenvalue weighted by atomic mass is 31.2. The highest BCUT2D eigenvalue weighted by Crippen LogP contribution is 2.49. The first-order valence-corrected chi connectivity index (χ1v) is 31.1. The summed E-state index contributed by atoms with van der Waals surface area (Å²) in [6.07, 6.45) is 0. The summed E-state index contributed by atoms with van der Waals surface area (Å²) < 4.78 is 45.4. The average molecular weight is 1090 g/mol. The van der Waals surface area contributed by atoms with Gasteiger partial charge in [-0.15, -0.1) is 0 Å². The van der Waals surface area contributed by atoms with Crippen LogP contribution in [-0.2, 0) is 9.13 Å². The van der Waals surface area contributed by atoms with Gasteiger partial charge in [-0.2, -0.15) is 0 Å². The molecule has 2 heterocycles. The maximum Gasteiger partial charge on any atom is 0.171 e. The quantitative estimate of drug-likeness (QED) is 0.135. The monoisotopic (exact) mass is 1090 g/mol. The van der Waals surface area contributed by atoms with Gasteiger partial charge < -0.3 is 18.0 Å². The van der Waals surface area contributed by atoms with Crippen LogP contribution in [-0.4, -0.2) is 0 Å². The molecule has 2 aromatic heterocycles. The molecule has 0 aliphatic rings. The summed E-state index contributed by atoms with van der Waals surface area (Å²) >= 11 is 0. The second-order valence-corrected chi connectivity index (χ2v) is 26.7. The van der Waals surface area contributed by atoms with E-state index in [2.05, 4.69) is 158 Å². The lowest BCUT2D eigenvalue weighted by atomic mass is 9.91. The minimum Gasteiger partial charge on any atom is -0.456 e. The van der Waals surface area contributed by atoms with Gasteiger partial charge >= 0.3 is 0 Å². The first-order valence-electron chi connectivity index (χ1n) is 27.7. The second kappa shape index (κ2) is 18.9. The van der Waals surface area contributed by atoms with Gasteiger partial charge in [-0.05, 0) is 119 Å². The fourth-order valence-corrected chi connectivity index (χ4v) is 18.7. The van der Waals surface area contributed by atoms with Crippen molar-refractivity contribution in [3.8, 4) is 33.4 Å². The molecule has 82 heavy (non-hydrogen) atoms. The Balaban J connectivity index is 0.868. The Morgan fingerprint density at radius 1 is 0.244 bits per heavy atom. The van der Waals surface area contributed by atoms with Crippen LogP contribution in [0.15, 0.2) is 300 Å². The molecule has 16 aromatic rings. The molecule has 0 N–H and O–H groups in total. The van der Waals surface area contributed by atoms with E-state index in [0.29, 0.717) is 0 Å². The van der Waals surface area contributed by atoms with Gasteiger partial charge in [0, 0.05) is 58.9 Å². The number of hydrogen-bond donors (Lipinski definition) is 0. The molecule has 4 nitrogen and oxygen atoms in total. The Morgan fingerprint density at radius 2 is 0.695 bits per heavy atom. The molecule has 0 radical (unpaired) electrons. The van der Waals surface area contributed by atoms with Crippen molar-refractivity contribution in [1.82, 2.24) is 0 Å². The predicted molar refractivity (Wildman–Crippen MR) is 346 cm³/mol. The third-order valence-corrected chi connectivity index (χ3v) is 23.0. The van der Waals surface area contributed by atoms with Gasteiger partial charge in [0.15, 0.2) is 14.3 Å². The maximum absolute atomic E-state index is 16.0. The van der Waals surface area contributed by atoms with Crippen LogP contribution in [0.1, 0.15) is 0 Å². The van der Waals surface area contributed by atoms with Crippen molar-refractivity contribution in [2.45, 2.75) is 0 Å². The Bertz CT molecular complexity index is 5250. The van der Waals surface area contributed by atoms with Crippen LogP contribution in [0.2, 0.25) is 0 Å². The molecule has 0 spiro atoms. The molecule has 14 aromatic carbocycles. The molecule has 0 aliphatic carbocycles. The molecule has 0 bridgehead atoms. The van der Waals surface area contributed by atoms with E-state index in [1.165, 1.54) is 0 Å². The van der Waals surface area contributed by atoms with Crippen LogP contribution in [0.4, 0.5) is 0 Å². The Hall–Kier alpha value is -9.82. The second-order valence-electron chi connectivity index (χ2n) is 21.3. The van der Waals surface area contributed by atoms with E-state index >= 15 is 9.13 Å². The van der Waals surface area contributed by atoms with Crippen molar-refractivity contribution in [1.29, 1.82) is 0 Å². The Morgan fingerprint density at radius 3 is 1.35 bits per heavy atom. The summed E-state index contributed by atoms with van der Waals surface area (Å²) in [4.78, 5) is 0. The average Bonchev–Trinajstić information content (AvgIpc) is 4.19. The van der Waals surface area contributed by atoms with Gasteiger partial charge in [0.2, 0.25) is 0 Å². The summed E-state index contributed by atoms with van der Waals surface area (Å²) in [6, 6.07) is 99.6. The van der Waals surface area contributed by atoms with Crippen molar-refractivity contribution in [3.05, 3.63) is 291 Å². The van der Waals surface area contributed by atoms with Crippen LogP contribution in [0, 0.1) is 0 Å². The summed E-state index contributed by atoms with van der Waals surface area (Å²) in [5.74, 6) is 0. The van der Waals surface area contributed by atoms with E-state index in [4.69, 9.17) is 8.83 Å². The van der Waals surface area contributed by atoms with Crippen LogP contribution < -0.4 is 31.8 Å². The highest BCUT2D eigenvalue weighted by molar-refractivity contribution is 7.86. The van der Waals surface area contributed by atoms with Gasteiger partial charge in [0.1, 0.15) is 22.3 Å². The zero-order valence-corrected chi connectivity index (χ0v) is 46.0. The third-order valence-electron chi connectivity index (χ3n) is 16.8. The van der Waals surface area contributed by atoms with E-state index in [1.54, 1.807) is 0 Å². The number of rotatable bonds is 9. The SMILES string of the molecule is O=P(c1ccccc1)(c1ccccc1)c1ccc(-c2ccc3oc4ccc5cc(-c6cc(-c7cccc8c(P(=O)(c9ccccc9)c9ccccc9)cccc78)cc7c6oc6ccc8ccccc8c67)ccc5c4c3c2)c2ccccc12. The molecular weight excluding hydrogens is 1040 g/mol. The van der Waals surface area contributed by atoms with E-state index in [0.717, 1.165) is 152 Å². The normalized spacial score (nSPS) is 12.2. The molecule has 0 aliphatic heterocycles. The van der Waals surface area contributed by atoms with Crippen molar-refractivity contribution in [2.24, 2.45) is 0 Å². The topological polar surface area (TPSA) is 60.4 Å². The van der Waals surface area contributed by atoms with Crippen LogP contribution in [0.25, 0.3) is 120 Å². The molecule has 0 amide bonds. The fourth-order valence-electron chi connectivity index (χ4n) is 13.0. The first-order chi connectivity index (χ1) is 40.4. The Kier molecular flexibility index (Phi) is 11.1. The minimum absolute atomic E-state index is 0.799. The first kappa shape index (κ1) is 48.1. The van der Waals surface area contributed by atoms with Gasteiger partial charge in [-0.1, -0.05) is 243 Å². The lowest BCUT2D eigenvalue weighted by Gasteiger charge is -2.22. The summed E-state index contributed by atoms with van der Waals surface area (Å²) in [5.41, 5.74) is 9.41. The van der Waals surface area contributed by atoms with E-state index < -0.39 is 14.3 Å². The van der Waals surface area contributed by atoms with Crippen molar-refractivity contribution >= 4 is 133 Å². The zero-order valence-electron chi connectivity index (χ0n) is 44.2. The zero-order chi connectivity index (χ0) is 54.5. The van der Waals surface area contributed by atoms with Gasteiger partial charge in [0.05, 0.1) is 0 Å². The number of benzene rings is 14. The van der Waals surface area contributed by atoms with Gasteiger partial charge in [-0.25, -0.2) is 0 Å². The summed E-state index contributed by atoms with van der Waals surface area (Å²) in [5, 5.41) is 17.4. The van der Waals surface area contributed by atoms with E-state index in [1.807, 2.05) is 133 Å². The highest BCUT2D eigenvalue weighted by Gasteiger charge is 2.33. The molecule has 6 heteroatoms. The number of fused-ring (bicyclic) bond motifs is 12. The molecule has 16 rings (SSSR count). The van der Waals surface area contributed by atoms with E-state index in [-0.39, 0.29) is 0 Å². The summed E-state index contributed by atoms with van der Waals surface area (Å²) in [7, 11) is -6.59. The standard InChI is InChI=1S/C76H48O4P2/c77-81(54-20-5-1-6-21-54,55-22-7-2-8-23-55)72-34-18-32-63-58(31-17-33-65(63)72)53-47-66(76-68(48-53)75-60-28-14-13-19-49(60)36-42-71(75)80-76)51-35-39-61-50(45-51)38-43-70-74(61)67-46-52(37-41-69(67)79-70)59-40-44-73(64-30-16-15-29-62(59)64)82(78,56-24-9-3-10-25-56)57-26-11-4-12-27-57/h1-48H. The van der Waals surface area contributed by atoms with Crippen molar-refractivity contribution < 1.29 is 18.0 Å². The molecule has 0 atom stereocenters. The predicted octanol–water partition coefficient (Wildman–Crippen LogP) is 18.4. The summed E-state index contributed by atoms with van der Waals surface area (Å²) in [6.45, 7) is 0. The number of furan rings is 2. The largest absolute Gasteiger partial charge is 0.456 e. The number of hydrogen-bond acceptors (Lipinski definition) is 4. The van der Waals surface area contributed by atoms with Gasteiger partial charge in [-0.3, -0.25) is 0 Å². The molecule has 0 fully saturated rings. The maximum atomic E-state index is 16.0. The molecule has 0 unspecified atom stereocenters. The van der Waals surface area contributed by atoms with E-state index in [9.17, 15) is 0 Å². The van der Waals surface area contributed by atoms with Crippen LogP contribution in [0.5, 0.6) is 0 Å². The molecule has 386 valence electrons. The lowest BCUT2D eigenvalue weighted by Crippen LogP contribution is -2.25. The van der Waals surface area contributed by atoms with Crippen LogP contribution >= 0.6 is 14.3 Å². The van der Waals surface area contributed by atoms with Crippen LogP contribution in [0.3, 0.4) is 0 Å². The smallest absolute Gasteiger partial charge is 0.171 e. The van der Waals surface area contributed by atoms with Gasteiger partial charge in [0.25, 0.3) is 0 Å². The minimum atomic E-state index is -3.32. The molecule has 0 saturated heterocycles. The fraction of sp³-hybridized carbons (Fsp3) is 0. The molecule has 0 saturated carbocycles. The van der Waals surface area contributed by atoms with Crippen molar-refractivity contribution in [2.75, 3.05) is 0 Å². The lowest BCUT2D eigenvalue weighted by molar-refractivity contribution is 0.592. The molecular formula is C76H48O4P2. The third kappa shape index (κ3) is 7.39. The van der Waals surface area contributed by atoms with Crippen molar-refractivity contribution in [3.63, 3.8) is 0 Å².